The van der Waals surface area contributed by atoms with Gasteiger partial charge in [-0.05, 0) is 42.3 Å². The van der Waals surface area contributed by atoms with Crippen molar-refractivity contribution in [3.05, 3.63) is 64.0 Å². The van der Waals surface area contributed by atoms with Crippen molar-refractivity contribution < 1.29 is 12.8 Å². The molecule has 170 valence electrons. The predicted molar refractivity (Wildman–Crippen MR) is 124 cm³/mol. The fourth-order valence-electron chi connectivity index (χ4n) is 3.67. The minimum atomic E-state index is -3.50. The van der Waals surface area contributed by atoms with Crippen molar-refractivity contribution in [1.29, 1.82) is 0 Å². The van der Waals surface area contributed by atoms with Crippen LogP contribution < -0.4 is 0 Å². The van der Waals surface area contributed by atoms with Gasteiger partial charge in [0.2, 0.25) is 21.8 Å². The predicted octanol–water partition coefficient (Wildman–Crippen LogP) is 4.50. The Morgan fingerprint density at radius 3 is 2.38 bits per heavy atom. The molecule has 0 aliphatic carbocycles. The first-order valence-corrected chi connectivity index (χ1v) is 12.7. The van der Waals surface area contributed by atoms with Crippen LogP contribution in [0.5, 0.6) is 0 Å². The highest BCUT2D eigenvalue weighted by molar-refractivity contribution is 7.89. The lowest BCUT2D eigenvalue weighted by molar-refractivity contribution is 0.168. The Kier molecular flexibility index (Phi) is 7.17. The van der Waals surface area contributed by atoms with Gasteiger partial charge >= 0.3 is 0 Å². The van der Waals surface area contributed by atoms with E-state index in [9.17, 15) is 8.42 Å². The van der Waals surface area contributed by atoms with Gasteiger partial charge in [0.05, 0.1) is 22.0 Å². The molecule has 0 unspecified atom stereocenters. The summed E-state index contributed by atoms with van der Waals surface area (Å²) in [6.45, 7) is 4.51. The highest BCUT2D eigenvalue weighted by atomic mass is 35.5. The molecular weight excluding hydrogens is 471 g/mol. The molecule has 3 aromatic rings. The zero-order valence-electron chi connectivity index (χ0n) is 17.7. The Bertz CT molecular complexity index is 1170. The fourth-order valence-corrected chi connectivity index (χ4v) is 5.59. The summed E-state index contributed by atoms with van der Waals surface area (Å²) in [5.41, 5.74) is 1.77. The topological polar surface area (TPSA) is 79.5 Å². The summed E-state index contributed by atoms with van der Waals surface area (Å²) in [5, 5.41) is 9.16. The Morgan fingerprint density at radius 2 is 1.72 bits per heavy atom. The van der Waals surface area contributed by atoms with Crippen molar-refractivity contribution in [2.45, 2.75) is 31.2 Å². The third kappa shape index (κ3) is 5.15. The SMILES string of the molecule is CCCc1ccc(S(=O)(=O)N2CCN(Cc3nnc(-c4ccc(Cl)cc4Cl)o3)CC2)cc1. The molecular formula is C22H24Cl2N4O3S. The molecule has 2 heterocycles. The lowest BCUT2D eigenvalue weighted by Gasteiger charge is -2.33. The molecule has 0 saturated carbocycles. The average Bonchev–Trinajstić information content (AvgIpc) is 3.23. The van der Waals surface area contributed by atoms with Crippen molar-refractivity contribution in [2.75, 3.05) is 26.2 Å². The van der Waals surface area contributed by atoms with Gasteiger partial charge in [0.1, 0.15) is 0 Å². The number of aromatic nitrogens is 2. The monoisotopic (exact) mass is 494 g/mol. The van der Waals surface area contributed by atoms with Gasteiger partial charge in [0.25, 0.3) is 0 Å². The first kappa shape index (κ1) is 23.2. The maximum absolute atomic E-state index is 13.0. The minimum absolute atomic E-state index is 0.328. The van der Waals surface area contributed by atoms with Crippen LogP contribution in [0, 0.1) is 0 Å². The van der Waals surface area contributed by atoms with E-state index in [4.69, 9.17) is 27.6 Å². The number of piperazine rings is 1. The van der Waals surface area contributed by atoms with Crippen molar-refractivity contribution in [3.8, 4) is 11.5 Å². The Labute approximate surface area is 198 Å². The van der Waals surface area contributed by atoms with Crippen LogP contribution in [0.1, 0.15) is 24.8 Å². The van der Waals surface area contributed by atoms with Gasteiger partial charge in [-0.25, -0.2) is 8.42 Å². The standard InChI is InChI=1S/C22H24Cl2N4O3S/c1-2-3-16-4-7-18(8-5-16)32(29,30)28-12-10-27(11-13-28)15-21-25-26-22(31-21)19-9-6-17(23)14-20(19)24/h4-9,14H,2-3,10-13,15H2,1H3. The van der Waals surface area contributed by atoms with E-state index in [1.165, 1.54) is 4.31 Å². The highest BCUT2D eigenvalue weighted by Crippen LogP contribution is 2.29. The zero-order valence-corrected chi connectivity index (χ0v) is 20.0. The summed E-state index contributed by atoms with van der Waals surface area (Å²) in [6.07, 6.45) is 1.98. The number of hydrogen-bond acceptors (Lipinski definition) is 6. The van der Waals surface area contributed by atoms with E-state index in [1.54, 1.807) is 30.3 Å². The van der Waals surface area contributed by atoms with Crippen LogP contribution in [-0.2, 0) is 23.0 Å². The Hall–Kier alpha value is -1.97. The van der Waals surface area contributed by atoms with Crippen LogP contribution >= 0.6 is 23.2 Å². The van der Waals surface area contributed by atoms with E-state index < -0.39 is 10.0 Å². The molecule has 0 radical (unpaired) electrons. The van der Waals surface area contributed by atoms with Gasteiger partial charge in [-0.15, -0.1) is 10.2 Å². The third-order valence-electron chi connectivity index (χ3n) is 5.42. The summed E-state index contributed by atoms with van der Waals surface area (Å²) in [5.74, 6) is 0.781. The second kappa shape index (κ2) is 9.89. The summed E-state index contributed by atoms with van der Waals surface area (Å²) in [6, 6.07) is 12.3. The number of aryl methyl sites for hydroxylation is 1. The van der Waals surface area contributed by atoms with Crippen LogP contribution in [0.4, 0.5) is 0 Å². The Morgan fingerprint density at radius 1 is 1.00 bits per heavy atom. The molecule has 2 aromatic carbocycles. The molecule has 10 heteroatoms. The quantitative estimate of drug-likeness (QED) is 0.480. The molecule has 1 saturated heterocycles. The molecule has 0 spiro atoms. The first-order valence-electron chi connectivity index (χ1n) is 10.5. The Balaban J connectivity index is 1.36. The van der Waals surface area contributed by atoms with Crippen LogP contribution in [0.15, 0.2) is 51.8 Å². The maximum atomic E-state index is 13.0. The third-order valence-corrected chi connectivity index (χ3v) is 7.88. The van der Waals surface area contributed by atoms with E-state index in [0.29, 0.717) is 65.0 Å². The number of benzene rings is 2. The van der Waals surface area contributed by atoms with Gasteiger partial charge in [-0.2, -0.15) is 4.31 Å². The molecule has 0 atom stereocenters. The number of rotatable bonds is 7. The number of hydrogen-bond donors (Lipinski definition) is 0. The van der Waals surface area contributed by atoms with E-state index in [1.807, 2.05) is 12.1 Å². The molecule has 1 aliphatic rings. The normalized spacial score (nSPS) is 15.8. The lowest BCUT2D eigenvalue weighted by Crippen LogP contribution is -2.48. The number of halogens is 2. The largest absolute Gasteiger partial charge is 0.419 e. The van der Waals surface area contributed by atoms with E-state index in [2.05, 4.69) is 22.0 Å². The van der Waals surface area contributed by atoms with Crippen molar-refractivity contribution in [3.63, 3.8) is 0 Å². The van der Waals surface area contributed by atoms with Gasteiger partial charge in [-0.1, -0.05) is 48.7 Å². The highest BCUT2D eigenvalue weighted by Gasteiger charge is 2.29. The van der Waals surface area contributed by atoms with E-state index in [-0.39, 0.29) is 0 Å². The summed E-state index contributed by atoms with van der Waals surface area (Å²) < 4.78 is 33.3. The molecule has 0 bridgehead atoms. The van der Waals surface area contributed by atoms with Crippen LogP contribution in [-0.4, -0.2) is 54.0 Å². The van der Waals surface area contributed by atoms with Gasteiger partial charge in [0.15, 0.2) is 0 Å². The average molecular weight is 495 g/mol. The van der Waals surface area contributed by atoms with Crippen molar-refractivity contribution in [2.24, 2.45) is 0 Å². The summed E-state index contributed by atoms with van der Waals surface area (Å²) in [7, 11) is -3.50. The smallest absolute Gasteiger partial charge is 0.249 e. The van der Waals surface area contributed by atoms with Crippen LogP contribution in [0.3, 0.4) is 0 Å². The fraction of sp³-hybridized carbons (Fsp3) is 0.364. The molecule has 4 rings (SSSR count). The van der Waals surface area contributed by atoms with Gasteiger partial charge in [0, 0.05) is 31.2 Å². The van der Waals surface area contributed by atoms with Gasteiger partial charge < -0.3 is 4.42 Å². The summed E-state index contributed by atoms with van der Waals surface area (Å²) in [4.78, 5) is 2.43. The van der Waals surface area contributed by atoms with Crippen molar-refractivity contribution in [1.82, 2.24) is 19.4 Å². The maximum Gasteiger partial charge on any atom is 0.249 e. The van der Waals surface area contributed by atoms with Crippen LogP contribution in [0.25, 0.3) is 11.5 Å². The molecule has 0 amide bonds. The molecule has 32 heavy (non-hydrogen) atoms. The van der Waals surface area contributed by atoms with Crippen molar-refractivity contribution >= 4 is 33.2 Å². The molecule has 7 nitrogen and oxygen atoms in total. The molecule has 1 aliphatic heterocycles. The van der Waals surface area contributed by atoms with E-state index >= 15 is 0 Å². The number of nitrogens with zero attached hydrogens (tertiary/aromatic N) is 4. The minimum Gasteiger partial charge on any atom is -0.419 e. The zero-order chi connectivity index (χ0) is 22.7. The van der Waals surface area contributed by atoms with Crippen LogP contribution in [0.2, 0.25) is 10.0 Å². The second-order valence-corrected chi connectivity index (χ2v) is 10.5. The number of sulfonamides is 1. The lowest BCUT2D eigenvalue weighted by atomic mass is 10.1. The summed E-state index contributed by atoms with van der Waals surface area (Å²) >= 11 is 12.2. The van der Waals surface area contributed by atoms with E-state index in [0.717, 1.165) is 18.4 Å². The molecule has 1 aromatic heterocycles. The van der Waals surface area contributed by atoms with Gasteiger partial charge in [-0.3, -0.25) is 4.90 Å². The second-order valence-electron chi connectivity index (χ2n) is 7.70. The first-order chi connectivity index (χ1) is 15.4. The molecule has 0 N–H and O–H groups in total. The molecule has 1 fully saturated rings.